The van der Waals surface area contributed by atoms with Crippen molar-refractivity contribution in [1.29, 1.82) is 0 Å². The van der Waals surface area contributed by atoms with Crippen molar-refractivity contribution in [2.45, 2.75) is 19.4 Å². The van der Waals surface area contributed by atoms with Gasteiger partial charge < -0.3 is 30.2 Å². The predicted molar refractivity (Wildman–Crippen MR) is 159 cm³/mol. The zero-order valence-corrected chi connectivity index (χ0v) is 24.4. The van der Waals surface area contributed by atoms with E-state index in [0.717, 1.165) is 11.1 Å². The minimum absolute atomic E-state index is 0.226. The summed E-state index contributed by atoms with van der Waals surface area (Å²) < 4.78 is 63.3. The van der Waals surface area contributed by atoms with Crippen molar-refractivity contribution in [3.8, 4) is 17.4 Å². The second kappa shape index (κ2) is 15.0. The summed E-state index contributed by atoms with van der Waals surface area (Å²) in [5.74, 6) is -2.13. The molecule has 0 radical (unpaired) electrons. The summed E-state index contributed by atoms with van der Waals surface area (Å²) in [6.07, 6.45) is -4.84. The molecule has 4 aromatic rings. The van der Waals surface area contributed by atoms with Crippen LogP contribution in [0.4, 0.5) is 13.2 Å². The molecule has 2 heterocycles. The monoisotopic (exact) mass is 714 g/mol. The van der Waals surface area contributed by atoms with Crippen LogP contribution in [-0.4, -0.2) is 40.9 Å². The van der Waals surface area contributed by atoms with Gasteiger partial charge in [-0.05, 0) is 45.9 Å². The molecule has 4 rings (SSSR count). The molecular weight excluding hydrogens is 684 g/mol. The highest BCUT2D eigenvalue weighted by atomic mass is 127. The molecule has 0 aliphatic rings. The third-order valence-corrected chi connectivity index (χ3v) is 6.03. The molecule has 0 bridgehead atoms. The average Bonchev–Trinajstić information content (AvgIpc) is 3.01. The first-order valence-corrected chi connectivity index (χ1v) is 13.2. The number of ether oxygens (including phenoxy) is 2. The summed E-state index contributed by atoms with van der Waals surface area (Å²) in [7, 11) is -0.817. The number of aromatic hydroxyl groups is 1. The highest BCUT2D eigenvalue weighted by Gasteiger charge is 2.34. The first-order valence-electron chi connectivity index (χ1n) is 13.6. The van der Waals surface area contributed by atoms with E-state index < -0.39 is 47.6 Å². The second-order valence-corrected chi connectivity index (χ2v) is 9.56. The molecule has 0 fully saturated rings. The fraction of sp³-hybridized carbons (Fsp3) is 0.172. The first-order chi connectivity index (χ1) is 21.4. The predicted octanol–water partition coefficient (Wildman–Crippen LogP) is 4.66. The number of halogens is 4. The van der Waals surface area contributed by atoms with Crippen LogP contribution >= 0.6 is 22.6 Å². The van der Waals surface area contributed by atoms with E-state index >= 15 is 0 Å². The quantitative estimate of drug-likeness (QED) is 0.154. The van der Waals surface area contributed by atoms with Gasteiger partial charge in [0.05, 0.1) is 11.1 Å². The lowest BCUT2D eigenvalue weighted by Gasteiger charge is -2.16. The number of hydrogen-bond acceptors (Lipinski definition) is 7. The van der Waals surface area contributed by atoms with Crippen molar-refractivity contribution in [1.82, 2.24) is 20.6 Å². The molecule has 0 unspecified atom stereocenters. The number of pyridine rings is 2. The van der Waals surface area contributed by atoms with Crippen LogP contribution < -0.4 is 25.7 Å². The normalized spacial score (nSPS) is 11.3. The topological polar surface area (TPSA) is 143 Å². The molecule has 2 amide bonds. The van der Waals surface area contributed by atoms with Crippen molar-refractivity contribution >= 4 is 34.4 Å². The van der Waals surface area contributed by atoms with Crippen LogP contribution in [0.3, 0.4) is 0 Å². The number of benzene rings is 2. The van der Waals surface area contributed by atoms with Gasteiger partial charge in [0.25, 0.3) is 23.3 Å². The SMILES string of the molecule is [3H]CNC(=O)c1cc(C(F)(F)F)[nH]c(=O)c1O.[3H]CNC(=O)c1cc(I)nc(OCc2ccccc2)c1OCc1ccccc1. The van der Waals surface area contributed by atoms with Crippen LogP contribution in [0, 0.1) is 3.70 Å². The van der Waals surface area contributed by atoms with Gasteiger partial charge >= 0.3 is 6.18 Å². The van der Waals surface area contributed by atoms with Crippen molar-refractivity contribution in [2.75, 3.05) is 14.0 Å². The van der Waals surface area contributed by atoms with Crippen LogP contribution in [0.15, 0.2) is 77.6 Å². The average molecular weight is 714 g/mol. The Morgan fingerprint density at radius 3 is 2.00 bits per heavy atom. The maximum absolute atomic E-state index is 12.5. The molecule has 4 N–H and O–H groups in total. The smallest absolute Gasteiger partial charge is 0.431 e. The van der Waals surface area contributed by atoms with Gasteiger partial charge in [-0.2, -0.15) is 13.2 Å². The van der Waals surface area contributed by atoms with Gasteiger partial charge in [0.2, 0.25) is 0 Å². The molecule has 0 spiro atoms. The number of nitrogens with one attached hydrogen (secondary N) is 3. The molecule has 0 saturated carbocycles. The number of aromatic nitrogens is 2. The molecule has 43 heavy (non-hydrogen) atoms. The summed E-state index contributed by atoms with van der Waals surface area (Å²) in [6, 6.07) is 21.3. The molecule has 2 aromatic heterocycles. The summed E-state index contributed by atoms with van der Waals surface area (Å²) in [4.78, 5) is 40.4. The Bertz CT molecular complexity index is 1660. The van der Waals surface area contributed by atoms with Crippen LogP contribution in [-0.2, 0) is 19.4 Å². The molecular formula is C29H26F3IN4O6. The molecule has 2 aromatic carbocycles. The maximum Gasteiger partial charge on any atom is 0.431 e. The van der Waals surface area contributed by atoms with Crippen molar-refractivity contribution < 1.29 is 40.1 Å². The van der Waals surface area contributed by atoms with Crippen LogP contribution in [0.5, 0.6) is 17.4 Å². The lowest BCUT2D eigenvalue weighted by molar-refractivity contribution is -0.141. The van der Waals surface area contributed by atoms with Crippen LogP contribution in [0.1, 0.15) is 40.3 Å². The van der Waals surface area contributed by atoms with Gasteiger partial charge in [0, 0.05) is 16.8 Å². The Labute approximate surface area is 260 Å². The van der Waals surface area contributed by atoms with Crippen LogP contribution in [0.25, 0.3) is 0 Å². The molecule has 0 saturated heterocycles. The minimum atomic E-state index is -4.84. The third kappa shape index (κ3) is 9.19. The lowest BCUT2D eigenvalue weighted by Crippen LogP contribution is -2.24. The van der Waals surface area contributed by atoms with E-state index in [1.165, 1.54) is 4.98 Å². The zero-order chi connectivity index (χ0) is 33.0. The molecule has 226 valence electrons. The minimum Gasteiger partial charge on any atom is -0.502 e. The number of amides is 2. The fourth-order valence-electron chi connectivity index (χ4n) is 3.41. The van der Waals surface area contributed by atoms with Gasteiger partial charge in [0.1, 0.15) is 22.6 Å². The number of rotatable bonds is 8. The molecule has 14 heteroatoms. The number of hydrogen-bond donors (Lipinski definition) is 4. The molecule has 0 aliphatic carbocycles. The Kier molecular flexibility index (Phi) is 10.5. The Morgan fingerprint density at radius 1 is 0.930 bits per heavy atom. The third-order valence-electron chi connectivity index (χ3n) is 5.48. The van der Waals surface area contributed by atoms with Crippen molar-refractivity contribution in [3.05, 3.63) is 115 Å². The fourth-order valence-corrected chi connectivity index (χ4v) is 3.94. The molecule has 10 nitrogen and oxygen atoms in total. The van der Waals surface area contributed by atoms with Gasteiger partial charge in [-0.3, -0.25) is 14.4 Å². The molecule has 0 aliphatic heterocycles. The first kappa shape index (κ1) is 29.9. The summed E-state index contributed by atoms with van der Waals surface area (Å²) in [5.41, 5.74) is -1.46. The standard InChI is InChI=1S/C21H19IN2O3.C8H7F3N2O3/c1-23-20(25)17-12-18(22)24-21(27-14-16-10-6-3-7-11-16)19(17)26-13-15-8-4-2-5-9-15;1-12-6(15)3-2-4(8(9,10)11)13-7(16)5(3)14/h2-12H,13-14H2,1H3,(H,23,25);2,14H,1H3,(H,12,15)(H,13,16)/i2*1T. The van der Waals surface area contributed by atoms with Crippen molar-refractivity contribution in [2.24, 2.45) is 0 Å². The van der Waals surface area contributed by atoms with E-state index in [2.05, 4.69) is 10.3 Å². The van der Waals surface area contributed by atoms with Gasteiger partial charge in [0.15, 0.2) is 11.5 Å². The number of carbonyl (C=O) groups is 2. The van der Waals surface area contributed by atoms with Gasteiger partial charge in [-0.25, -0.2) is 4.98 Å². The van der Waals surface area contributed by atoms with Crippen LogP contribution in [0.2, 0.25) is 0 Å². The Morgan fingerprint density at radius 2 is 1.47 bits per heavy atom. The van der Waals surface area contributed by atoms with E-state index in [0.29, 0.717) is 21.9 Å². The highest BCUT2D eigenvalue weighted by Crippen LogP contribution is 2.32. The van der Waals surface area contributed by atoms with E-state index in [9.17, 15) is 27.6 Å². The number of nitrogens with zero attached hydrogens (tertiary/aromatic N) is 1. The number of H-pyrrole nitrogens is 1. The highest BCUT2D eigenvalue weighted by molar-refractivity contribution is 14.1. The number of carbonyl (C=O) groups excluding carboxylic acids is 2. The van der Waals surface area contributed by atoms with E-state index in [-0.39, 0.29) is 25.3 Å². The number of alkyl halides is 3. The van der Waals surface area contributed by atoms with Gasteiger partial charge in [-0.15, -0.1) is 0 Å². The zero-order valence-electron chi connectivity index (χ0n) is 24.2. The Hall–Kier alpha value is -4.60. The number of aromatic amines is 1. The molecule has 0 atom stereocenters. The van der Waals surface area contributed by atoms with E-state index in [1.807, 2.05) is 88.6 Å². The summed E-state index contributed by atoms with van der Waals surface area (Å²) in [5, 5.41) is 13.5. The van der Waals surface area contributed by atoms with Crippen molar-refractivity contribution in [3.63, 3.8) is 0 Å². The summed E-state index contributed by atoms with van der Waals surface area (Å²) >= 11 is 2.03. The summed E-state index contributed by atoms with van der Waals surface area (Å²) in [6.45, 7) is 0.571. The lowest BCUT2D eigenvalue weighted by atomic mass is 10.2. The second-order valence-electron chi connectivity index (χ2n) is 8.46. The van der Waals surface area contributed by atoms with E-state index in [4.69, 9.17) is 17.3 Å². The van der Waals surface area contributed by atoms with Gasteiger partial charge in [-0.1, -0.05) is 60.7 Å². The van der Waals surface area contributed by atoms with E-state index in [1.54, 1.807) is 6.07 Å². The largest absolute Gasteiger partial charge is 0.502 e. The Balaban J connectivity index is 0.000000279. The maximum atomic E-state index is 12.5.